The molecule has 0 unspecified atom stereocenters. The maximum absolute atomic E-state index is 13.0. The summed E-state index contributed by atoms with van der Waals surface area (Å²) in [4.78, 5) is 0. The van der Waals surface area contributed by atoms with E-state index in [9.17, 15) is 25.9 Å². The summed E-state index contributed by atoms with van der Waals surface area (Å²) in [5.41, 5.74) is -3.62. The molecule has 0 atom stereocenters. The summed E-state index contributed by atoms with van der Waals surface area (Å²) in [5.74, 6) is -0.692. The summed E-state index contributed by atoms with van der Waals surface area (Å²) in [5, 5.41) is 61.7. The van der Waals surface area contributed by atoms with Crippen molar-refractivity contribution in [3.8, 4) is 5.75 Å². The number of nitrogens with zero attached hydrogens (tertiary/aromatic N) is 4. The van der Waals surface area contributed by atoms with E-state index in [1.807, 2.05) is 0 Å². The Hall–Kier alpha value is -2.52. The molecule has 3 rings (SSSR count). The Balaban J connectivity index is 2.22. The summed E-state index contributed by atoms with van der Waals surface area (Å²) >= 11 is 0. The van der Waals surface area contributed by atoms with E-state index in [0.717, 1.165) is 10.1 Å². The van der Waals surface area contributed by atoms with Gasteiger partial charge in [-0.2, -0.15) is 0 Å². The summed E-state index contributed by atoms with van der Waals surface area (Å²) in [6, 6.07) is 4.02. The average Bonchev–Trinajstić information content (AvgIpc) is 2.81. The highest BCUT2D eigenvalue weighted by molar-refractivity contribution is 6.03. The molecule has 2 N–H and O–H groups in total. The molecule has 29 heavy (non-hydrogen) atoms. The Morgan fingerprint density at radius 1 is 0.759 bits per heavy atom. The van der Waals surface area contributed by atoms with Gasteiger partial charge in [0.05, 0.1) is 11.1 Å². The molecule has 0 saturated heterocycles. The topological polar surface area (TPSA) is 122 Å². The third-order valence-electron chi connectivity index (χ3n) is 7.33. The van der Waals surface area contributed by atoms with Gasteiger partial charge in [-0.25, -0.2) is 10.4 Å². The molecule has 1 aromatic carbocycles. The smallest absolute Gasteiger partial charge is 0.313 e. The van der Waals surface area contributed by atoms with Crippen molar-refractivity contribution in [3.63, 3.8) is 0 Å². The number of amidine groups is 2. The average molecular weight is 405 g/mol. The van der Waals surface area contributed by atoms with Crippen LogP contribution in [0.25, 0.3) is 0 Å². The SMILES string of the molecule is CC1(C)N(O)C(c2ccc([O-])c(C3=[N+]([O-])C(C)(C)C(C)(C)N3O)c2)=[N+]([O-])C1(C)C. The van der Waals surface area contributed by atoms with Crippen LogP contribution in [0.5, 0.6) is 5.75 Å². The van der Waals surface area contributed by atoms with E-state index in [0.29, 0.717) is 9.48 Å². The van der Waals surface area contributed by atoms with Gasteiger partial charge in [0.1, 0.15) is 11.1 Å². The van der Waals surface area contributed by atoms with Gasteiger partial charge >= 0.3 is 11.7 Å². The molecule has 2 heterocycles. The van der Waals surface area contributed by atoms with Gasteiger partial charge in [0.2, 0.25) is 0 Å². The van der Waals surface area contributed by atoms with Crippen molar-refractivity contribution in [3.05, 3.63) is 39.7 Å². The van der Waals surface area contributed by atoms with Crippen molar-refractivity contribution in [2.45, 2.75) is 77.5 Å². The van der Waals surface area contributed by atoms with Gasteiger partial charge in [-0.1, -0.05) is 11.8 Å². The maximum atomic E-state index is 13.0. The molecule has 0 spiro atoms. The second kappa shape index (κ2) is 5.76. The molecule has 0 bridgehead atoms. The van der Waals surface area contributed by atoms with Gasteiger partial charge in [-0.15, -0.1) is 10.1 Å². The Labute approximate surface area is 170 Å². The predicted octanol–water partition coefficient (Wildman–Crippen LogP) is 1.80. The first-order chi connectivity index (χ1) is 13.0. The Morgan fingerprint density at radius 2 is 1.17 bits per heavy atom. The number of rotatable bonds is 2. The van der Waals surface area contributed by atoms with E-state index in [1.54, 1.807) is 55.4 Å². The Bertz CT molecular complexity index is 946. The molecule has 9 heteroatoms. The molecule has 0 amide bonds. The highest BCUT2D eigenvalue weighted by Crippen LogP contribution is 2.40. The van der Waals surface area contributed by atoms with Crippen LogP contribution in [0.4, 0.5) is 0 Å². The molecule has 0 aromatic heterocycles. The van der Waals surface area contributed by atoms with Gasteiger partial charge in [0.25, 0.3) is 0 Å². The highest BCUT2D eigenvalue weighted by Gasteiger charge is 2.60. The zero-order valence-electron chi connectivity index (χ0n) is 18.1. The minimum absolute atomic E-state index is 0.0275. The van der Waals surface area contributed by atoms with E-state index in [4.69, 9.17) is 0 Å². The first kappa shape index (κ1) is 21.2. The molecule has 0 aliphatic carbocycles. The minimum Gasteiger partial charge on any atom is -0.872 e. The number of hydrogen-bond donors (Lipinski definition) is 2. The lowest BCUT2D eigenvalue weighted by atomic mass is 9.84. The van der Waals surface area contributed by atoms with E-state index in [2.05, 4.69) is 0 Å². The van der Waals surface area contributed by atoms with Crippen LogP contribution in [0.15, 0.2) is 18.2 Å². The van der Waals surface area contributed by atoms with Crippen molar-refractivity contribution in [2.24, 2.45) is 0 Å². The van der Waals surface area contributed by atoms with Crippen molar-refractivity contribution in [1.82, 2.24) is 10.1 Å². The minimum atomic E-state index is -1.02. The number of hydroxylamine groups is 6. The third kappa shape index (κ3) is 2.40. The Morgan fingerprint density at radius 3 is 1.55 bits per heavy atom. The molecule has 0 fully saturated rings. The largest absolute Gasteiger partial charge is 0.872 e. The molecular formula is C20H29N4O5-. The van der Waals surface area contributed by atoms with Gasteiger partial charge in [-0.05, 0) is 67.5 Å². The second-order valence-electron chi connectivity index (χ2n) is 9.81. The molecule has 160 valence electrons. The van der Waals surface area contributed by atoms with E-state index in [-0.39, 0.29) is 22.8 Å². The monoisotopic (exact) mass is 405 g/mol. The standard InChI is InChI=1S/C20H30N4O5/c1-17(2)18(3,4)22(27)15(21(17)26)12-9-10-14(25)13(11-12)16-23(28)19(5,6)20(7,8)24(16)29/h9-11,25-26,28H,1-8H3/p-1. The summed E-state index contributed by atoms with van der Waals surface area (Å²) in [7, 11) is 0. The van der Waals surface area contributed by atoms with Crippen molar-refractivity contribution in [2.75, 3.05) is 0 Å². The fourth-order valence-electron chi connectivity index (χ4n) is 3.55. The lowest BCUT2D eigenvalue weighted by Crippen LogP contribution is -2.53. The third-order valence-corrected chi connectivity index (χ3v) is 7.33. The maximum Gasteiger partial charge on any atom is 0.313 e. The first-order valence-electron chi connectivity index (χ1n) is 9.50. The normalized spacial score (nSPS) is 24.6. The first-order valence-corrected chi connectivity index (χ1v) is 9.50. The summed E-state index contributed by atoms with van der Waals surface area (Å²) in [6.45, 7) is 13.6. The quantitative estimate of drug-likeness (QED) is 0.568. The fourth-order valence-corrected chi connectivity index (χ4v) is 3.55. The lowest BCUT2D eigenvalue weighted by molar-refractivity contribution is -0.539. The van der Waals surface area contributed by atoms with Crippen LogP contribution in [0.2, 0.25) is 0 Å². The van der Waals surface area contributed by atoms with Gasteiger partial charge in [0, 0.05) is 0 Å². The van der Waals surface area contributed by atoms with Crippen molar-refractivity contribution >= 4 is 11.7 Å². The number of hydrogen-bond acceptors (Lipinski definition) is 7. The predicted molar refractivity (Wildman–Crippen MR) is 105 cm³/mol. The Kier molecular flexibility index (Phi) is 4.21. The van der Waals surface area contributed by atoms with Crippen LogP contribution in [-0.4, -0.2) is 63.8 Å². The van der Waals surface area contributed by atoms with E-state index < -0.39 is 27.9 Å². The molecule has 1 aromatic rings. The second-order valence-corrected chi connectivity index (χ2v) is 9.81. The molecule has 0 saturated carbocycles. The lowest BCUT2D eigenvalue weighted by Gasteiger charge is -2.33. The van der Waals surface area contributed by atoms with Crippen LogP contribution < -0.4 is 5.11 Å². The summed E-state index contributed by atoms with van der Waals surface area (Å²) < 4.78 is 1.32. The summed E-state index contributed by atoms with van der Waals surface area (Å²) in [6.07, 6.45) is 0. The zero-order chi connectivity index (χ0) is 22.3. The van der Waals surface area contributed by atoms with Crippen molar-refractivity contribution < 1.29 is 25.0 Å². The molecular weight excluding hydrogens is 376 g/mol. The van der Waals surface area contributed by atoms with Crippen LogP contribution >= 0.6 is 0 Å². The molecule has 2 aliphatic rings. The van der Waals surface area contributed by atoms with Crippen LogP contribution in [0.1, 0.15) is 66.5 Å². The van der Waals surface area contributed by atoms with Gasteiger partial charge in [0.15, 0.2) is 11.1 Å². The van der Waals surface area contributed by atoms with Crippen LogP contribution in [0.3, 0.4) is 0 Å². The van der Waals surface area contributed by atoms with Crippen molar-refractivity contribution in [1.29, 1.82) is 0 Å². The molecule has 0 radical (unpaired) electrons. The van der Waals surface area contributed by atoms with Crippen LogP contribution in [-0.2, 0) is 0 Å². The number of benzene rings is 1. The zero-order valence-corrected chi connectivity index (χ0v) is 18.1. The molecule has 9 nitrogen and oxygen atoms in total. The van der Waals surface area contributed by atoms with Gasteiger partial charge in [-0.3, -0.25) is 9.48 Å². The molecule has 2 aliphatic heterocycles. The van der Waals surface area contributed by atoms with Gasteiger partial charge < -0.3 is 15.5 Å². The fraction of sp³-hybridized carbons (Fsp3) is 0.600. The van der Waals surface area contributed by atoms with Crippen LogP contribution in [0, 0.1) is 10.4 Å². The van der Waals surface area contributed by atoms with E-state index >= 15 is 0 Å². The highest BCUT2D eigenvalue weighted by atomic mass is 16.5. The van der Waals surface area contributed by atoms with E-state index in [1.165, 1.54) is 18.2 Å².